The molecule has 0 bridgehead atoms. The van der Waals surface area contributed by atoms with E-state index in [0.29, 0.717) is 5.25 Å². The molecule has 1 aromatic rings. The van der Waals surface area contributed by atoms with Crippen LogP contribution in [0.3, 0.4) is 0 Å². The lowest BCUT2D eigenvalue weighted by molar-refractivity contribution is 0.515. The van der Waals surface area contributed by atoms with Gasteiger partial charge in [0.1, 0.15) is 0 Å². The summed E-state index contributed by atoms with van der Waals surface area (Å²) in [5, 5.41) is 1.27. The molecule has 0 amide bonds. The van der Waals surface area contributed by atoms with Crippen molar-refractivity contribution in [1.29, 1.82) is 0 Å². The van der Waals surface area contributed by atoms with Crippen LogP contribution in [0.1, 0.15) is 42.9 Å². The molecule has 1 fully saturated rings. The quantitative estimate of drug-likeness (QED) is 0.884. The van der Waals surface area contributed by atoms with Crippen LogP contribution in [0.5, 0.6) is 0 Å². The summed E-state index contributed by atoms with van der Waals surface area (Å²) in [6, 6.07) is 8.57. The van der Waals surface area contributed by atoms with E-state index < -0.39 is 0 Å². The first-order valence-corrected chi connectivity index (χ1v) is 8.14. The van der Waals surface area contributed by atoms with Crippen molar-refractivity contribution >= 4 is 27.7 Å². The molecule has 0 aliphatic heterocycles. The van der Waals surface area contributed by atoms with Crippen molar-refractivity contribution in [1.82, 2.24) is 0 Å². The van der Waals surface area contributed by atoms with Crippen LogP contribution < -0.4 is 5.73 Å². The van der Waals surface area contributed by atoms with E-state index in [9.17, 15) is 0 Å². The molecule has 1 aliphatic rings. The van der Waals surface area contributed by atoms with Crippen LogP contribution in [0.2, 0.25) is 0 Å². The largest absolute Gasteiger partial charge is 0.329 e. The summed E-state index contributed by atoms with van der Waals surface area (Å²) in [5.74, 6) is 0. The van der Waals surface area contributed by atoms with Gasteiger partial charge in [0.25, 0.3) is 0 Å². The van der Waals surface area contributed by atoms with Crippen molar-refractivity contribution in [2.24, 2.45) is 5.73 Å². The maximum atomic E-state index is 5.94. The van der Waals surface area contributed by atoms with E-state index in [-0.39, 0.29) is 0 Å². The average molecular weight is 314 g/mol. The van der Waals surface area contributed by atoms with Gasteiger partial charge >= 0.3 is 0 Å². The Hall–Kier alpha value is 0.01000. The van der Waals surface area contributed by atoms with Crippen LogP contribution in [0.4, 0.5) is 0 Å². The van der Waals surface area contributed by atoms with Crippen molar-refractivity contribution in [3.05, 3.63) is 34.3 Å². The Morgan fingerprint density at radius 3 is 2.71 bits per heavy atom. The molecule has 1 saturated carbocycles. The van der Waals surface area contributed by atoms with Gasteiger partial charge < -0.3 is 5.73 Å². The lowest BCUT2D eigenvalue weighted by atomic mass is 10.0. The highest BCUT2D eigenvalue weighted by atomic mass is 79.9. The van der Waals surface area contributed by atoms with Gasteiger partial charge in [-0.2, -0.15) is 0 Å². The summed E-state index contributed by atoms with van der Waals surface area (Å²) in [7, 11) is 0. The first-order valence-electron chi connectivity index (χ1n) is 6.40. The lowest BCUT2D eigenvalue weighted by Crippen LogP contribution is -2.16. The van der Waals surface area contributed by atoms with E-state index >= 15 is 0 Å². The highest BCUT2D eigenvalue weighted by molar-refractivity contribution is 9.10. The third kappa shape index (κ3) is 4.01. The Morgan fingerprint density at radius 1 is 1.29 bits per heavy atom. The summed E-state index contributed by atoms with van der Waals surface area (Å²) >= 11 is 5.62. The van der Waals surface area contributed by atoms with Crippen molar-refractivity contribution in [2.45, 2.75) is 42.6 Å². The topological polar surface area (TPSA) is 26.0 Å². The standard InChI is InChI=1S/C14H20BrNS/c15-12-6-4-5-11(9-12)14(10-16)17-13-7-2-1-3-8-13/h4-6,9,13-14H,1-3,7-8,10,16H2. The van der Waals surface area contributed by atoms with Crippen LogP contribution in [-0.2, 0) is 0 Å². The maximum Gasteiger partial charge on any atom is 0.0422 e. The number of benzene rings is 1. The minimum atomic E-state index is 0.454. The first kappa shape index (κ1) is 13.4. The van der Waals surface area contributed by atoms with E-state index in [1.807, 2.05) is 0 Å². The van der Waals surface area contributed by atoms with E-state index in [1.165, 1.54) is 37.7 Å². The molecule has 1 atom stereocenters. The third-order valence-corrected chi connectivity index (χ3v) is 5.49. The predicted octanol–water partition coefficient (Wildman–Crippen LogP) is 4.51. The van der Waals surface area contributed by atoms with Gasteiger partial charge in [0, 0.05) is 21.5 Å². The minimum absolute atomic E-state index is 0.454. The molecular weight excluding hydrogens is 294 g/mol. The molecule has 3 heteroatoms. The SMILES string of the molecule is NCC(SC1CCCCC1)c1cccc(Br)c1. The van der Waals surface area contributed by atoms with E-state index in [1.54, 1.807) is 0 Å². The summed E-state index contributed by atoms with van der Waals surface area (Å²) in [4.78, 5) is 0. The van der Waals surface area contributed by atoms with Gasteiger partial charge in [-0.05, 0) is 30.5 Å². The normalized spacial score (nSPS) is 19.2. The molecule has 2 rings (SSSR count). The Bertz CT molecular complexity index is 350. The van der Waals surface area contributed by atoms with Gasteiger partial charge in [0.2, 0.25) is 0 Å². The molecule has 94 valence electrons. The molecule has 0 aromatic heterocycles. The monoisotopic (exact) mass is 313 g/mol. The number of hydrogen-bond acceptors (Lipinski definition) is 2. The highest BCUT2D eigenvalue weighted by Crippen LogP contribution is 2.38. The zero-order valence-corrected chi connectivity index (χ0v) is 12.5. The number of hydrogen-bond donors (Lipinski definition) is 1. The van der Waals surface area contributed by atoms with Crippen LogP contribution in [0, 0.1) is 0 Å². The fourth-order valence-electron chi connectivity index (χ4n) is 2.41. The fraction of sp³-hybridized carbons (Fsp3) is 0.571. The van der Waals surface area contributed by atoms with Crippen LogP contribution in [0.15, 0.2) is 28.7 Å². The number of thioether (sulfide) groups is 1. The van der Waals surface area contributed by atoms with Gasteiger partial charge in [-0.1, -0.05) is 47.3 Å². The maximum absolute atomic E-state index is 5.94. The minimum Gasteiger partial charge on any atom is -0.329 e. The molecule has 1 unspecified atom stereocenters. The molecule has 2 N–H and O–H groups in total. The highest BCUT2D eigenvalue weighted by Gasteiger charge is 2.19. The Morgan fingerprint density at radius 2 is 2.06 bits per heavy atom. The molecule has 0 spiro atoms. The lowest BCUT2D eigenvalue weighted by Gasteiger charge is -2.25. The molecule has 17 heavy (non-hydrogen) atoms. The Balaban J connectivity index is 2.00. The summed E-state index contributed by atoms with van der Waals surface area (Å²) < 4.78 is 1.15. The predicted molar refractivity (Wildman–Crippen MR) is 80.4 cm³/mol. The smallest absolute Gasteiger partial charge is 0.0422 e. The second-order valence-corrected chi connectivity index (χ2v) is 7.10. The number of halogens is 1. The molecule has 1 nitrogen and oxygen atoms in total. The zero-order chi connectivity index (χ0) is 12.1. The summed E-state index contributed by atoms with van der Waals surface area (Å²) in [6.45, 7) is 0.734. The van der Waals surface area contributed by atoms with E-state index in [0.717, 1.165) is 16.3 Å². The zero-order valence-electron chi connectivity index (χ0n) is 10.1. The first-order chi connectivity index (χ1) is 8.29. The van der Waals surface area contributed by atoms with Crippen LogP contribution in [-0.4, -0.2) is 11.8 Å². The van der Waals surface area contributed by atoms with Crippen molar-refractivity contribution in [3.63, 3.8) is 0 Å². The second-order valence-electron chi connectivity index (χ2n) is 4.68. The van der Waals surface area contributed by atoms with Crippen molar-refractivity contribution < 1.29 is 0 Å². The molecule has 0 saturated heterocycles. The van der Waals surface area contributed by atoms with Crippen LogP contribution in [0.25, 0.3) is 0 Å². The number of rotatable bonds is 4. The molecule has 1 aliphatic carbocycles. The Labute approximate surface area is 117 Å². The Kier molecular flexibility index (Phi) is 5.39. The summed E-state index contributed by atoms with van der Waals surface area (Å²) in [6.07, 6.45) is 6.95. The van der Waals surface area contributed by atoms with Gasteiger partial charge in [-0.15, -0.1) is 11.8 Å². The fourth-order valence-corrected chi connectivity index (χ4v) is 4.31. The van der Waals surface area contributed by atoms with Crippen molar-refractivity contribution in [3.8, 4) is 0 Å². The molecule has 0 radical (unpaired) electrons. The van der Waals surface area contributed by atoms with E-state index in [4.69, 9.17) is 5.73 Å². The second kappa shape index (κ2) is 6.81. The number of nitrogens with two attached hydrogens (primary N) is 1. The summed E-state index contributed by atoms with van der Waals surface area (Å²) in [5.41, 5.74) is 7.29. The van der Waals surface area contributed by atoms with Gasteiger partial charge in [-0.25, -0.2) is 0 Å². The van der Waals surface area contributed by atoms with E-state index in [2.05, 4.69) is 52.0 Å². The van der Waals surface area contributed by atoms with Gasteiger partial charge in [0.05, 0.1) is 0 Å². The molecular formula is C14H20BrNS. The molecule has 0 heterocycles. The third-order valence-electron chi connectivity index (χ3n) is 3.34. The van der Waals surface area contributed by atoms with Crippen molar-refractivity contribution in [2.75, 3.05) is 6.54 Å². The van der Waals surface area contributed by atoms with Gasteiger partial charge in [-0.3, -0.25) is 0 Å². The van der Waals surface area contributed by atoms with Crippen LogP contribution >= 0.6 is 27.7 Å². The molecule has 1 aromatic carbocycles. The average Bonchev–Trinajstić information content (AvgIpc) is 2.37. The van der Waals surface area contributed by atoms with Gasteiger partial charge in [0.15, 0.2) is 0 Å².